The molecular formula is C10H9F3O3. The van der Waals surface area contributed by atoms with Crippen molar-refractivity contribution in [1.82, 2.24) is 0 Å². The SMILES string of the molecule is Cc1ccccc1C(=O)OOCC(F)(F)F. The number of carbonyl (C=O) groups excluding carboxylic acids is 1. The van der Waals surface area contributed by atoms with Gasteiger partial charge >= 0.3 is 12.1 Å². The van der Waals surface area contributed by atoms with E-state index in [1.54, 1.807) is 25.1 Å². The van der Waals surface area contributed by atoms with Gasteiger partial charge in [-0.15, -0.1) is 0 Å². The lowest BCUT2D eigenvalue weighted by atomic mass is 10.1. The summed E-state index contributed by atoms with van der Waals surface area (Å²) >= 11 is 0. The van der Waals surface area contributed by atoms with Crippen LogP contribution in [0.1, 0.15) is 15.9 Å². The molecule has 0 unspecified atom stereocenters. The minimum absolute atomic E-state index is 0.171. The molecule has 1 aromatic rings. The second kappa shape index (κ2) is 4.98. The quantitative estimate of drug-likeness (QED) is 0.595. The molecule has 0 aromatic heterocycles. The normalized spacial score (nSPS) is 11.2. The van der Waals surface area contributed by atoms with Crippen molar-refractivity contribution in [3.8, 4) is 0 Å². The molecule has 0 saturated heterocycles. The fraction of sp³-hybridized carbons (Fsp3) is 0.300. The molecule has 88 valence electrons. The molecule has 1 rings (SSSR count). The lowest BCUT2D eigenvalue weighted by molar-refractivity contribution is -0.302. The van der Waals surface area contributed by atoms with Crippen LogP contribution in [-0.4, -0.2) is 18.8 Å². The number of rotatable bonds is 3. The summed E-state index contributed by atoms with van der Waals surface area (Å²) in [6, 6.07) is 6.35. The topological polar surface area (TPSA) is 35.5 Å². The second-order valence-electron chi connectivity index (χ2n) is 3.06. The van der Waals surface area contributed by atoms with Gasteiger partial charge in [-0.25, -0.2) is 4.79 Å². The average molecular weight is 234 g/mol. The van der Waals surface area contributed by atoms with Gasteiger partial charge in [0.15, 0.2) is 6.61 Å². The van der Waals surface area contributed by atoms with E-state index >= 15 is 0 Å². The minimum atomic E-state index is -4.52. The summed E-state index contributed by atoms with van der Waals surface area (Å²) in [6.45, 7) is 0.0188. The Hall–Kier alpha value is -1.56. The van der Waals surface area contributed by atoms with Crippen molar-refractivity contribution < 1.29 is 27.7 Å². The third kappa shape index (κ3) is 3.90. The number of halogens is 3. The molecule has 0 fully saturated rings. The van der Waals surface area contributed by atoms with Crippen molar-refractivity contribution in [1.29, 1.82) is 0 Å². The van der Waals surface area contributed by atoms with Gasteiger partial charge < -0.3 is 0 Å². The molecule has 0 aliphatic carbocycles. The van der Waals surface area contributed by atoms with Crippen LogP contribution in [0.15, 0.2) is 24.3 Å². The summed E-state index contributed by atoms with van der Waals surface area (Å²) in [5.74, 6) is -0.942. The number of benzene rings is 1. The maximum Gasteiger partial charge on any atom is 0.415 e. The average Bonchev–Trinajstić information content (AvgIpc) is 2.16. The Labute approximate surface area is 89.7 Å². The highest BCUT2D eigenvalue weighted by molar-refractivity contribution is 5.90. The van der Waals surface area contributed by atoms with E-state index in [0.29, 0.717) is 5.56 Å². The number of hydrogen-bond donors (Lipinski definition) is 0. The van der Waals surface area contributed by atoms with Crippen LogP contribution in [0.5, 0.6) is 0 Å². The third-order valence-corrected chi connectivity index (χ3v) is 1.72. The van der Waals surface area contributed by atoms with E-state index in [9.17, 15) is 18.0 Å². The molecule has 0 N–H and O–H groups in total. The first-order chi connectivity index (χ1) is 7.40. The molecule has 0 spiro atoms. The van der Waals surface area contributed by atoms with E-state index in [1.165, 1.54) is 6.07 Å². The lowest BCUT2D eigenvalue weighted by Gasteiger charge is -2.07. The molecule has 0 aliphatic rings. The Morgan fingerprint density at radius 1 is 1.31 bits per heavy atom. The molecule has 16 heavy (non-hydrogen) atoms. The van der Waals surface area contributed by atoms with Crippen LogP contribution in [-0.2, 0) is 9.78 Å². The number of carbonyl (C=O) groups is 1. The monoisotopic (exact) mass is 234 g/mol. The fourth-order valence-corrected chi connectivity index (χ4v) is 0.997. The minimum Gasteiger partial charge on any atom is -0.292 e. The Morgan fingerprint density at radius 2 is 1.94 bits per heavy atom. The fourth-order valence-electron chi connectivity index (χ4n) is 0.997. The smallest absolute Gasteiger partial charge is 0.292 e. The molecule has 0 radical (unpaired) electrons. The van der Waals surface area contributed by atoms with Crippen molar-refractivity contribution in [3.05, 3.63) is 35.4 Å². The zero-order chi connectivity index (χ0) is 12.2. The van der Waals surface area contributed by atoms with Gasteiger partial charge in [0.25, 0.3) is 0 Å². The summed E-state index contributed by atoms with van der Waals surface area (Å²) in [5, 5.41) is 0. The first-order valence-electron chi connectivity index (χ1n) is 4.36. The summed E-state index contributed by atoms with van der Waals surface area (Å²) in [5.41, 5.74) is 0.771. The molecule has 3 nitrogen and oxygen atoms in total. The van der Waals surface area contributed by atoms with Crippen molar-refractivity contribution >= 4 is 5.97 Å². The molecule has 0 saturated carbocycles. The van der Waals surface area contributed by atoms with E-state index in [1.807, 2.05) is 0 Å². The van der Waals surface area contributed by atoms with Crippen molar-refractivity contribution in [2.24, 2.45) is 0 Å². The van der Waals surface area contributed by atoms with E-state index in [0.717, 1.165) is 0 Å². The van der Waals surface area contributed by atoms with Gasteiger partial charge in [0.1, 0.15) is 0 Å². The van der Waals surface area contributed by atoms with Crippen LogP contribution in [0.4, 0.5) is 13.2 Å². The molecule has 1 aromatic carbocycles. The number of hydrogen-bond acceptors (Lipinski definition) is 3. The Bertz CT molecular complexity index is 374. The standard InChI is InChI=1S/C10H9F3O3/c1-7-4-2-3-5-8(7)9(14)16-15-6-10(11,12)13/h2-5H,6H2,1H3. The van der Waals surface area contributed by atoms with Crippen molar-refractivity contribution in [2.75, 3.05) is 6.61 Å². The van der Waals surface area contributed by atoms with Gasteiger partial charge in [-0.3, -0.25) is 4.89 Å². The van der Waals surface area contributed by atoms with Crippen LogP contribution in [0.3, 0.4) is 0 Å². The molecule has 0 amide bonds. The maximum absolute atomic E-state index is 11.7. The maximum atomic E-state index is 11.7. The first-order valence-corrected chi connectivity index (χ1v) is 4.36. The van der Waals surface area contributed by atoms with Crippen LogP contribution in [0.25, 0.3) is 0 Å². The molecule has 0 bridgehead atoms. The highest BCUT2D eigenvalue weighted by Gasteiger charge is 2.29. The van der Waals surface area contributed by atoms with Gasteiger partial charge in [0.05, 0.1) is 5.56 Å². The largest absolute Gasteiger partial charge is 0.415 e. The molecule has 0 aliphatic heterocycles. The Morgan fingerprint density at radius 3 is 2.50 bits per heavy atom. The van der Waals surface area contributed by atoms with Crippen LogP contribution in [0.2, 0.25) is 0 Å². The van der Waals surface area contributed by atoms with Gasteiger partial charge in [-0.2, -0.15) is 18.1 Å². The second-order valence-corrected chi connectivity index (χ2v) is 3.06. The predicted octanol–water partition coefficient (Wildman–Crippen LogP) is 2.65. The Kier molecular flexibility index (Phi) is 3.89. The first kappa shape index (κ1) is 12.5. The van der Waals surface area contributed by atoms with E-state index < -0.39 is 18.8 Å². The predicted molar refractivity (Wildman–Crippen MR) is 48.6 cm³/mol. The summed E-state index contributed by atoms with van der Waals surface area (Å²) in [6.07, 6.45) is -4.52. The van der Waals surface area contributed by atoms with E-state index in [-0.39, 0.29) is 5.56 Å². The number of alkyl halides is 3. The van der Waals surface area contributed by atoms with Crippen molar-refractivity contribution in [3.63, 3.8) is 0 Å². The number of aryl methyl sites for hydroxylation is 1. The highest BCUT2D eigenvalue weighted by atomic mass is 19.4. The van der Waals surface area contributed by atoms with Gasteiger partial charge in [-0.1, -0.05) is 18.2 Å². The third-order valence-electron chi connectivity index (χ3n) is 1.72. The zero-order valence-electron chi connectivity index (χ0n) is 8.38. The summed E-state index contributed by atoms with van der Waals surface area (Å²) in [7, 11) is 0. The van der Waals surface area contributed by atoms with Gasteiger partial charge in [0.2, 0.25) is 0 Å². The van der Waals surface area contributed by atoms with Gasteiger partial charge in [0, 0.05) is 0 Å². The van der Waals surface area contributed by atoms with E-state index in [2.05, 4.69) is 9.78 Å². The lowest BCUT2D eigenvalue weighted by Crippen LogP contribution is -2.19. The molecule has 0 atom stereocenters. The highest BCUT2D eigenvalue weighted by Crippen LogP contribution is 2.15. The van der Waals surface area contributed by atoms with Crippen LogP contribution in [0, 0.1) is 6.92 Å². The van der Waals surface area contributed by atoms with E-state index in [4.69, 9.17) is 0 Å². The van der Waals surface area contributed by atoms with Gasteiger partial charge in [-0.05, 0) is 18.6 Å². The van der Waals surface area contributed by atoms with Crippen LogP contribution >= 0.6 is 0 Å². The van der Waals surface area contributed by atoms with Crippen LogP contribution < -0.4 is 0 Å². The Balaban J connectivity index is 2.51. The molecular weight excluding hydrogens is 225 g/mol. The summed E-state index contributed by atoms with van der Waals surface area (Å²) < 4.78 is 35.0. The molecule has 0 heterocycles. The zero-order valence-corrected chi connectivity index (χ0v) is 8.38. The summed E-state index contributed by atoms with van der Waals surface area (Å²) in [4.78, 5) is 19.1. The molecule has 6 heteroatoms. The van der Waals surface area contributed by atoms with Crippen molar-refractivity contribution in [2.45, 2.75) is 13.1 Å².